The van der Waals surface area contributed by atoms with Crippen LogP contribution in [0.1, 0.15) is 37.1 Å². The van der Waals surface area contributed by atoms with Crippen LogP contribution in [0.4, 0.5) is 19.0 Å². The van der Waals surface area contributed by atoms with Crippen LogP contribution in [0.15, 0.2) is 36.7 Å². The second-order valence-corrected chi connectivity index (χ2v) is 7.86. The Kier molecular flexibility index (Phi) is 5.31. The summed E-state index contributed by atoms with van der Waals surface area (Å²) in [6.07, 6.45) is 0.210. The van der Waals surface area contributed by atoms with Crippen molar-refractivity contribution < 1.29 is 13.2 Å². The standard InChI is InChI=1S/C21H25F3N6/c1-4-14(2)29-12-18-20(28(3)13-29)27-19(26-18)16-9-25-30(11-16)10-15-6-5-7-17(8-15)21(22,23)24/h5-9,11,14H,4,10,12-13H2,1-3H3,(H,26,27). The molecule has 9 heteroatoms. The SMILES string of the molecule is CCC(C)N1Cc2[nH]c(-c3cnn(Cc4cccc(C(F)(F)F)c4)c3)nc2N(C)C1. The number of rotatable bonds is 5. The number of benzene rings is 1. The average molecular weight is 418 g/mol. The molecular weight excluding hydrogens is 393 g/mol. The lowest BCUT2D eigenvalue weighted by molar-refractivity contribution is -0.137. The van der Waals surface area contributed by atoms with E-state index in [0.29, 0.717) is 17.4 Å². The van der Waals surface area contributed by atoms with Gasteiger partial charge < -0.3 is 9.88 Å². The van der Waals surface area contributed by atoms with E-state index in [2.05, 4.69) is 33.7 Å². The number of fused-ring (bicyclic) bond motifs is 1. The fourth-order valence-corrected chi connectivity index (χ4v) is 3.71. The third kappa shape index (κ3) is 4.07. The van der Waals surface area contributed by atoms with Gasteiger partial charge >= 0.3 is 6.18 Å². The van der Waals surface area contributed by atoms with Crippen LogP contribution >= 0.6 is 0 Å². The summed E-state index contributed by atoms with van der Waals surface area (Å²) in [6, 6.07) is 5.79. The van der Waals surface area contributed by atoms with Gasteiger partial charge in [-0.3, -0.25) is 9.58 Å². The molecule has 0 aliphatic carbocycles. The van der Waals surface area contributed by atoms with E-state index in [0.717, 1.165) is 48.8 Å². The molecule has 1 N–H and O–H groups in total. The minimum atomic E-state index is -4.35. The van der Waals surface area contributed by atoms with Crippen molar-refractivity contribution in [3.8, 4) is 11.4 Å². The number of H-pyrrole nitrogens is 1. The normalized spacial score (nSPS) is 16.0. The fourth-order valence-electron chi connectivity index (χ4n) is 3.71. The number of imidazole rings is 1. The van der Waals surface area contributed by atoms with E-state index in [1.165, 1.54) is 6.07 Å². The lowest BCUT2D eigenvalue weighted by Gasteiger charge is -2.36. The Balaban J connectivity index is 1.53. The quantitative estimate of drug-likeness (QED) is 0.670. The first-order chi connectivity index (χ1) is 14.2. The molecule has 0 saturated carbocycles. The molecule has 1 unspecified atom stereocenters. The van der Waals surface area contributed by atoms with E-state index >= 15 is 0 Å². The van der Waals surface area contributed by atoms with Gasteiger partial charge in [0.05, 0.1) is 36.2 Å². The van der Waals surface area contributed by atoms with E-state index in [1.807, 2.05) is 7.05 Å². The van der Waals surface area contributed by atoms with Gasteiger partial charge in [-0.15, -0.1) is 0 Å². The van der Waals surface area contributed by atoms with E-state index in [1.54, 1.807) is 23.1 Å². The highest BCUT2D eigenvalue weighted by molar-refractivity contribution is 5.59. The maximum absolute atomic E-state index is 12.9. The summed E-state index contributed by atoms with van der Waals surface area (Å²) >= 11 is 0. The zero-order chi connectivity index (χ0) is 21.5. The molecule has 6 nitrogen and oxygen atoms in total. The third-order valence-electron chi connectivity index (χ3n) is 5.59. The van der Waals surface area contributed by atoms with Gasteiger partial charge in [0.15, 0.2) is 5.82 Å². The van der Waals surface area contributed by atoms with Gasteiger partial charge in [-0.25, -0.2) is 4.98 Å². The second-order valence-electron chi connectivity index (χ2n) is 7.86. The van der Waals surface area contributed by atoms with Gasteiger partial charge in [0.1, 0.15) is 5.82 Å². The Morgan fingerprint density at radius 1 is 1.27 bits per heavy atom. The van der Waals surface area contributed by atoms with Gasteiger partial charge in [-0.1, -0.05) is 19.1 Å². The summed E-state index contributed by atoms with van der Waals surface area (Å²) in [4.78, 5) is 12.6. The summed E-state index contributed by atoms with van der Waals surface area (Å²) < 4.78 is 40.4. The molecule has 0 saturated heterocycles. The molecule has 4 rings (SSSR count). The van der Waals surface area contributed by atoms with Crippen LogP contribution in [-0.4, -0.2) is 44.4 Å². The van der Waals surface area contributed by atoms with Crippen molar-refractivity contribution in [2.24, 2.45) is 0 Å². The molecule has 0 spiro atoms. The molecule has 3 aromatic rings. The summed E-state index contributed by atoms with van der Waals surface area (Å²) in [5, 5.41) is 4.31. The highest BCUT2D eigenvalue weighted by atomic mass is 19.4. The van der Waals surface area contributed by atoms with Crippen LogP contribution in [0.2, 0.25) is 0 Å². The van der Waals surface area contributed by atoms with Crippen molar-refractivity contribution in [2.45, 2.75) is 45.6 Å². The van der Waals surface area contributed by atoms with Crippen molar-refractivity contribution in [3.05, 3.63) is 53.5 Å². The zero-order valence-electron chi connectivity index (χ0n) is 17.2. The zero-order valence-corrected chi connectivity index (χ0v) is 17.2. The highest BCUT2D eigenvalue weighted by Crippen LogP contribution is 2.31. The molecule has 1 atom stereocenters. The van der Waals surface area contributed by atoms with E-state index in [4.69, 9.17) is 4.98 Å². The maximum Gasteiger partial charge on any atom is 0.416 e. The molecule has 30 heavy (non-hydrogen) atoms. The van der Waals surface area contributed by atoms with E-state index in [9.17, 15) is 13.2 Å². The average Bonchev–Trinajstić information content (AvgIpc) is 3.34. The largest absolute Gasteiger partial charge is 0.416 e. The molecular formula is C21H25F3N6. The molecule has 0 bridgehead atoms. The Hall–Kier alpha value is -2.81. The van der Waals surface area contributed by atoms with Crippen molar-refractivity contribution in [1.82, 2.24) is 24.6 Å². The lowest BCUT2D eigenvalue weighted by atomic mass is 10.1. The molecule has 1 aliphatic rings. The molecule has 1 aliphatic heterocycles. The first-order valence-corrected chi connectivity index (χ1v) is 9.97. The Morgan fingerprint density at radius 2 is 2.07 bits per heavy atom. The molecule has 2 aromatic heterocycles. The van der Waals surface area contributed by atoms with Gasteiger partial charge in [0.2, 0.25) is 0 Å². The number of hydrogen-bond acceptors (Lipinski definition) is 4. The van der Waals surface area contributed by atoms with Crippen LogP contribution in [0, 0.1) is 0 Å². The highest BCUT2D eigenvalue weighted by Gasteiger charge is 2.30. The predicted octanol–water partition coefficient (Wildman–Crippen LogP) is 4.35. The number of nitrogens with zero attached hydrogens (tertiary/aromatic N) is 5. The first kappa shape index (κ1) is 20.5. The van der Waals surface area contributed by atoms with Crippen LogP contribution in [0.5, 0.6) is 0 Å². The van der Waals surface area contributed by atoms with Crippen LogP contribution in [0.3, 0.4) is 0 Å². The first-order valence-electron chi connectivity index (χ1n) is 9.97. The number of alkyl halides is 3. The van der Waals surface area contributed by atoms with E-state index in [-0.39, 0.29) is 6.54 Å². The minimum Gasteiger partial charge on any atom is -0.345 e. The van der Waals surface area contributed by atoms with Gasteiger partial charge in [0, 0.05) is 25.8 Å². The third-order valence-corrected chi connectivity index (χ3v) is 5.59. The van der Waals surface area contributed by atoms with Crippen LogP contribution in [-0.2, 0) is 19.3 Å². The maximum atomic E-state index is 12.9. The smallest absolute Gasteiger partial charge is 0.345 e. The number of halogens is 3. The number of nitrogens with one attached hydrogen (secondary N) is 1. The van der Waals surface area contributed by atoms with Crippen molar-refractivity contribution >= 4 is 5.82 Å². The molecule has 1 aromatic carbocycles. The summed E-state index contributed by atoms with van der Waals surface area (Å²) in [7, 11) is 2.02. The molecule has 160 valence electrons. The molecule has 3 heterocycles. The molecule has 0 fully saturated rings. The summed E-state index contributed by atoms with van der Waals surface area (Å²) in [5.74, 6) is 1.64. The van der Waals surface area contributed by atoms with Crippen LogP contribution < -0.4 is 4.90 Å². The fraction of sp³-hybridized carbons (Fsp3) is 0.429. The Morgan fingerprint density at radius 3 is 2.80 bits per heavy atom. The predicted molar refractivity (Wildman–Crippen MR) is 109 cm³/mol. The topological polar surface area (TPSA) is 53.0 Å². The Bertz CT molecular complexity index is 1020. The number of aromatic amines is 1. The second kappa shape index (κ2) is 7.79. The van der Waals surface area contributed by atoms with E-state index < -0.39 is 11.7 Å². The van der Waals surface area contributed by atoms with Gasteiger partial charge in [-0.05, 0) is 31.0 Å². The lowest BCUT2D eigenvalue weighted by Crippen LogP contribution is -2.44. The van der Waals surface area contributed by atoms with Crippen molar-refractivity contribution in [3.63, 3.8) is 0 Å². The number of hydrogen-bond donors (Lipinski definition) is 1. The van der Waals surface area contributed by atoms with Crippen LogP contribution in [0.25, 0.3) is 11.4 Å². The van der Waals surface area contributed by atoms with Gasteiger partial charge in [-0.2, -0.15) is 18.3 Å². The van der Waals surface area contributed by atoms with Crippen molar-refractivity contribution in [1.29, 1.82) is 0 Å². The summed E-state index contributed by atoms with van der Waals surface area (Å²) in [5.41, 5.74) is 1.76. The molecule has 0 radical (unpaired) electrons. The monoisotopic (exact) mass is 418 g/mol. The number of anilines is 1. The summed E-state index contributed by atoms with van der Waals surface area (Å²) in [6.45, 7) is 6.28. The van der Waals surface area contributed by atoms with Crippen molar-refractivity contribution in [2.75, 3.05) is 18.6 Å². The molecule has 0 amide bonds. The van der Waals surface area contributed by atoms with Gasteiger partial charge in [0.25, 0.3) is 0 Å². The Labute approximate surface area is 173 Å². The minimum absolute atomic E-state index is 0.256. The number of aromatic nitrogens is 4.